The fourth-order valence-electron chi connectivity index (χ4n) is 2.67. The molecule has 2 bridgehead atoms. The molecule has 2 aliphatic carbocycles. The van der Waals surface area contributed by atoms with E-state index in [0.717, 1.165) is 6.42 Å². The van der Waals surface area contributed by atoms with Crippen LogP contribution in [0, 0.1) is 17.8 Å². The van der Waals surface area contributed by atoms with Gasteiger partial charge in [0.05, 0.1) is 12.0 Å². The molecule has 3 rings (SSSR count). The van der Waals surface area contributed by atoms with E-state index < -0.39 is 6.09 Å². The van der Waals surface area contributed by atoms with Crippen molar-refractivity contribution in [3.05, 3.63) is 12.2 Å². The van der Waals surface area contributed by atoms with Gasteiger partial charge in [-0.05, 0) is 18.3 Å². The minimum Gasteiger partial charge on any atom is -0.376 e. The summed E-state index contributed by atoms with van der Waals surface area (Å²) in [5.41, 5.74) is 0. The Kier molecular flexibility index (Phi) is 1.17. The van der Waals surface area contributed by atoms with Gasteiger partial charge in [-0.1, -0.05) is 12.2 Å². The number of esters is 1. The fourth-order valence-corrected chi connectivity index (χ4v) is 2.67. The average molecular weight is 179 g/mol. The number of amides is 1. The van der Waals surface area contributed by atoms with Crippen molar-refractivity contribution < 1.29 is 14.3 Å². The third kappa shape index (κ3) is 0.802. The minimum atomic E-state index is -0.591. The largest absolute Gasteiger partial charge is 0.415 e. The highest BCUT2D eigenvalue weighted by molar-refractivity contribution is 5.90. The van der Waals surface area contributed by atoms with E-state index in [1.54, 1.807) is 0 Å². The standard InChI is InChI=1S/C9H9NO3/c11-8-6-4-1-2-5(3-4)7(6)10-9(12)13-8/h1-2,4-7H,3H2,(H,10,12). The van der Waals surface area contributed by atoms with Crippen molar-refractivity contribution in [1.29, 1.82) is 0 Å². The summed E-state index contributed by atoms with van der Waals surface area (Å²) in [5, 5.41) is 2.71. The molecule has 4 heteroatoms. The predicted molar refractivity (Wildman–Crippen MR) is 42.6 cm³/mol. The maximum atomic E-state index is 11.4. The van der Waals surface area contributed by atoms with Crippen LogP contribution in [0.15, 0.2) is 12.2 Å². The van der Waals surface area contributed by atoms with Gasteiger partial charge < -0.3 is 10.1 Å². The minimum absolute atomic E-state index is 0.0104. The lowest BCUT2D eigenvalue weighted by atomic mass is 9.88. The number of fused-ring (bicyclic) bond motifs is 5. The monoisotopic (exact) mass is 179 g/mol. The number of carbonyl (C=O) groups is 2. The molecule has 0 aromatic carbocycles. The highest BCUT2D eigenvalue weighted by atomic mass is 16.6. The first-order valence-corrected chi connectivity index (χ1v) is 4.46. The molecule has 1 aliphatic heterocycles. The predicted octanol–water partition coefficient (Wildman–Crippen LogP) is 0.444. The average Bonchev–Trinajstić information content (AvgIpc) is 2.62. The third-order valence-corrected chi connectivity index (χ3v) is 3.21. The van der Waals surface area contributed by atoms with Crippen molar-refractivity contribution in [2.24, 2.45) is 17.8 Å². The van der Waals surface area contributed by atoms with E-state index in [9.17, 15) is 9.59 Å². The van der Waals surface area contributed by atoms with E-state index >= 15 is 0 Å². The van der Waals surface area contributed by atoms with Gasteiger partial charge in [-0.2, -0.15) is 0 Å². The maximum absolute atomic E-state index is 11.4. The SMILES string of the molecule is O=C1NC2C3C=CC(C3)C2C(=O)O1. The normalized spacial score (nSPS) is 45.8. The first-order valence-electron chi connectivity index (χ1n) is 4.46. The van der Waals surface area contributed by atoms with Crippen LogP contribution in [0.4, 0.5) is 4.79 Å². The molecular weight excluding hydrogens is 170 g/mol. The molecule has 1 saturated heterocycles. The second kappa shape index (κ2) is 2.13. The molecule has 1 amide bonds. The van der Waals surface area contributed by atoms with Crippen LogP contribution in [0.1, 0.15) is 6.42 Å². The van der Waals surface area contributed by atoms with Gasteiger partial charge in [0.15, 0.2) is 0 Å². The highest BCUT2D eigenvalue weighted by Gasteiger charge is 2.52. The molecule has 0 spiro atoms. The fraction of sp³-hybridized carbons (Fsp3) is 0.556. The van der Waals surface area contributed by atoms with Crippen LogP contribution in [-0.4, -0.2) is 18.1 Å². The van der Waals surface area contributed by atoms with E-state index in [1.807, 2.05) is 0 Å². The molecule has 1 saturated carbocycles. The molecule has 0 radical (unpaired) electrons. The van der Waals surface area contributed by atoms with Gasteiger partial charge in [0.25, 0.3) is 0 Å². The van der Waals surface area contributed by atoms with Crippen LogP contribution < -0.4 is 5.32 Å². The van der Waals surface area contributed by atoms with E-state index in [2.05, 4.69) is 22.2 Å². The number of cyclic esters (lactones) is 2. The molecule has 1 heterocycles. The van der Waals surface area contributed by atoms with Crippen molar-refractivity contribution in [3.8, 4) is 0 Å². The Morgan fingerprint density at radius 2 is 2.08 bits per heavy atom. The summed E-state index contributed by atoms with van der Waals surface area (Å²) in [6.07, 6.45) is 4.53. The molecule has 0 aromatic rings. The Bertz CT molecular complexity index is 323. The van der Waals surface area contributed by atoms with Crippen molar-refractivity contribution in [3.63, 3.8) is 0 Å². The van der Waals surface area contributed by atoms with Crippen LogP contribution >= 0.6 is 0 Å². The maximum Gasteiger partial charge on any atom is 0.415 e. The molecule has 4 atom stereocenters. The lowest BCUT2D eigenvalue weighted by molar-refractivity contribution is -0.146. The molecule has 13 heavy (non-hydrogen) atoms. The number of hydrogen-bond acceptors (Lipinski definition) is 3. The van der Waals surface area contributed by atoms with E-state index in [4.69, 9.17) is 0 Å². The van der Waals surface area contributed by atoms with Crippen molar-refractivity contribution in [2.45, 2.75) is 12.5 Å². The Labute approximate surface area is 74.9 Å². The number of alkyl carbamates (subject to hydrolysis) is 1. The Morgan fingerprint density at radius 3 is 2.92 bits per heavy atom. The molecule has 4 unspecified atom stereocenters. The Balaban J connectivity index is 1.98. The zero-order chi connectivity index (χ0) is 9.00. The number of hydrogen-bond donors (Lipinski definition) is 1. The molecule has 0 aromatic heterocycles. The van der Waals surface area contributed by atoms with Crippen LogP contribution in [0.3, 0.4) is 0 Å². The van der Waals surface area contributed by atoms with Crippen molar-refractivity contribution in [1.82, 2.24) is 5.32 Å². The first-order chi connectivity index (χ1) is 6.25. The summed E-state index contributed by atoms with van der Waals surface area (Å²) >= 11 is 0. The lowest BCUT2D eigenvalue weighted by Gasteiger charge is -2.30. The smallest absolute Gasteiger partial charge is 0.376 e. The molecule has 3 aliphatic rings. The van der Waals surface area contributed by atoms with Crippen molar-refractivity contribution in [2.75, 3.05) is 0 Å². The molecular formula is C9H9NO3. The molecule has 4 nitrogen and oxygen atoms in total. The molecule has 2 fully saturated rings. The van der Waals surface area contributed by atoms with Crippen LogP contribution in [0.2, 0.25) is 0 Å². The van der Waals surface area contributed by atoms with E-state index in [-0.39, 0.29) is 23.8 Å². The first kappa shape index (κ1) is 7.12. The van der Waals surface area contributed by atoms with E-state index in [1.165, 1.54) is 0 Å². The second-order valence-electron chi connectivity index (χ2n) is 3.85. The Morgan fingerprint density at radius 1 is 1.31 bits per heavy atom. The summed E-state index contributed by atoms with van der Waals surface area (Å²) in [6.45, 7) is 0. The van der Waals surface area contributed by atoms with Gasteiger partial charge in [0.2, 0.25) is 0 Å². The molecule has 1 N–H and O–H groups in total. The van der Waals surface area contributed by atoms with Crippen LogP contribution in [0.5, 0.6) is 0 Å². The van der Waals surface area contributed by atoms with Crippen molar-refractivity contribution >= 4 is 12.1 Å². The van der Waals surface area contributed by atoms with Gasteiger partial charge in [-0.25, -0.2) is 4.79 Å². The van der Waals surface area contributed by atoms with Crippen LogP contribution in [-0.2, 0) is 9.53 Å². The molecule has 68 valence electrons. The number of rotatable bonds is 0. The van der Waals surface area contributed by atoms with E-state index in [0.29, 0.717) is 5.92 Å². The topological polar surface area (TPSA) is 55.4 Å². The van der Waals surface area contributed by atoms with Gasteiger partial charge in [0, 0.05) is 0 Å². The zero-order valence-electron chi connectivity index (χ0n) is 6.90. The second-order valence-corrected chi connectivity index (χ2v) is 3.85. The summed E-state index contributed by atoms with van der Waals surface area (Å²) in [7, 11) is 0. The highest BCUT2D eigenvalue weighted by Crippen LogP contribution is 2.45. The van der Waals surface area contributed by atoms with Crippen LogP contribution in [0.25, 0.3) is 0 Å². The third-order valence-electron chi connectivity index (χ3n) is 3.21. The Hall–Kier alpha value is -1.32. The summed E-state index contributed by atoms with van der Waals surface area (Å²) in [6, 6.07) is -0.0104. The van der Waals surface area contributed by atoms with Gasteiger partial charge in [-0.15, -0.1) is 0 Å². The van der Waals surface area contributed by atoms with Gasteiger partial charge in [-0.3, -0.25) is 4.79 Å². The zero-order valence-corrected chi connectivity index (χ0v) is 6.90. The quantitative estimate of drug-likeness (QED) is 0.333. The summed E-state index contributed by atoms with van der Waals surface area (Å²) in [4.78, 5) is 22.3. The van der Waals surface area contributed by atoms with Gasteiger partial charge in [0.1, 0.15) is 0 Å². The number of allylic oxidation sites excluding steroid dienone is 1. The lowest BCUT2D eigenvalue weighted by Crippen LogP contribution is -2.52. The summed E-state index contributed by atoms with van der Waals surface area (Å²) < 4.78 is 4.53. The number of ether oxygens (including phenoxy) is 1. The summed E-state index contributed by atoms with van der Waals surface area (Å²) in [5.74, 6) is 0.133. The number of carbonyl (C=O) groups excluding carboxylic acids is 2. The van der Waals surface area contributed by atoms with Gasteiger partial charge >= 0.3 is 12.1 Å². The number of nitrogens with one attached hydrogen (secondary N) is 1.